The van der Waals surface area contributed by atoms with Gasteiger partial charge in [0.1, 0.15) is 0 Å². The highest BCUT2D eigenvalue weighted by molar-refractivity contribution is 6.76. The molecule has 0 radical (unpaired) electrons. The lowest BCUT2D eigenvalue weighted by atomic mass is 10.3. The Balaban J connectivity index is 3.83. The van der Waals surface area contributed by atoms with E-state index in [4.69, 9.17) is 13.3 Å². The maximum Gasteiger partial charge on any atom is 0.617 e. The van der Waals surface area contributed by atoms with Crippen molar-refractivity contribution in [3.8, 4) is 0 Å². The number of hydrogen-bond donors (Lipinski definition) is 0. The van der Waals surface area contributed by atoms with Crippen LogP contribution in [-0.4, -0.2) is 31.8 Å². The smallest absolute Gasteiger partial charge is 0.431 e. The molecule has 3 nitrogen and oxygen atoms in total. The summed E-state index contributed by atoms with van der Waals surface area (Å²) >= 11 is 0. The maximum absolute atomic E-state index is 5.63. The Morgan fingerprint density at radius 1 is 1.17 bits per heavy atom. The molecule has 0 aliphatic carbocycles. The molecule has 0 rings (SSSR count). The van der Waals surface area contributed by atoms with Gasteiger partial charge < -0.3 is 13.3 Å². The Morgan fingerprint density at radius 2 is 1.67 bits per heavy atom. The standard InChI is InChI=1S/C6H19BO3Si2/c1-8-7(9-11(2)3)10-12(4,5)6/h11H,1-6H3. The van der Waals surface area contributed by atoms with Crippen LogP contribution in [0.2, 0.25) is 32.7 Å². The van der Waals surface area contributed by atoms with Crippen LogP contribution in [0.5, 0.6) is 0 Å². The zero-order valence-corrected chi connectivity index (χ0v) is 11.0. The number of rotatable bonds is 5. The Hall–Kier alpha value is 0.379. The zero-order valence-electron chi connectivity index (χ0n) is 8.88. The molecule has 0 aromatic rings. The fourth-order valence-corrected chi connectivity index (χ4v) is 2.09. The van der Waals surface area contributed by atoms with E-state index in [-0.39, 0.29) is 0 Å². The maximum atomic E-state index is 5.63. The van der Waals surface area contributed by atoms with Crippen molar-refractivity contribution in [2.24, 2.45) is 0 Å². The van der Waals surface area contributed by atoms with E-state index in [1.165, 1.54) is 0 Å². The van der Waals surface area contributed by atoms with Crippen molar-refractivity contribution < 1.29 is 13.3 Å². The van der Waals surface area contributed by atoms with E-state index >= 15 is 0 Å². The Kier molecular flexibility index (Phi) is 5.35. The van der Waals surface area contributed by atoms with Crippen LogP contribution in [0.1, 0.15) is 0 Å². The first-order valence-corrected chi connectivity index (χ1v) is 10.4. The molecule has 72 valence electrons. The molecule has 0 heterocycles. The molecule has 0 spiro atoms. The van der Waals surface area contributed by atoms with Crippen LogP contribution in [0.3, 0.4) is 0 Å². The van der Waals surface area contributed by atoms with Crippen molar-refractivity contribution in [2.75, 3.05) is 7.11 Å². The lowest BCUT2D eigenvalue weighted by Gasteiger charge is -2.22. The summed E-state index contributed by atoms with van der Waals surface area (Å²) in [7, 11) is -1.43. The van der Waals surface area contributed by atoms with Crippen molar-refractivity contribution in [1.82, 2.24) is 0 Å². The predicted molar refractivity (Wildman–Crippen MR) is 57.2 cm³/mol. The van der Waals surface area contributed by atoms with Crippen molar-refractivity contribution in [1.29, 1.82) is 0 Å². The van der Waals surface area contributed by atoms with Gasteiger partial charge in [0, 0.05) is 7.11 Å². The van der Waals surface area contributed by atoms with E-state index in [0.29, 0.717) is 0 Å². The summed E-state index contributed by atoms with van der Waals surface area (Å²) in [5, 5.41) is 0. The van der Waals surface area contributed by atoms with Crippen molar-refractivity contribution in [2.45, 2.75) is 32.7 Å². The van der Waals surface area contributed by atoms with E-state index in [0.717, 1.165) is 0 Å². The molecule has 0 unspecified atom stereocenters. The highest BCUT2D eigenvalue weighted by Crippen LogP contribution is 2.06. The van der Waals surface area contributed by atoms with Gasteiger partial charge in [-0.1, -0.05) is 0 Å². The molecular weight excluding hydrogens is 187 g/mol. The average molecular weight is 206 g/mol. The average Bonchev–Trinajstić information content (AvgIpc) is 1.82. The van der Waals surface area contributed by atoms with Crippen LogP contribution in [0.4, 0.5) is 0 Å². The third-order valence-corrected chi connectivity index (χ3v) is 2.69. The second-order valence-corrected chi connectivity index (χ2v) is 10.8. The zero-order chi connectivity index (χ0) is 9.78. The van der Waals surface area contributed by atoms with Crippen molar-refractivity contribution in [3.05, 3.63) is 0 Å². The molecule has 0 N–H and O–H groups in total. The fraction of sp³-hybridized carbons (Fsp3) is 1.00. The van der Waals surface area contributed by atoms with E-state index < -0.39 is 24.7 Å². The van der Waals surface area contributed by atoms with Crippen LogP contribution in [0.15, 0.2) is 0 Å². The Bertz CT molecular complexity index is 126. The van der Waals surface area contributed by atoms with E-state index in [1.807, 2.05) is 0 Å². The van der Waals surface area contributed by atoms with Gasteiger partial charge in [-0.05, 0) is 32.7 Å². The largest absolute Gasteiger partial charge is 0.617 e. The Morgan fingerprint density at radius 3 is 1.92 bits per heavy atom. The van der Waals surface area contributed by atoms with E-state index in [2.05, 4.69) is 32.7 Å². The molecule has 0 aliphatic rings. The van der Waals surface area contributed by atoms with Crippen LogP contribution in [-0.2, 0) is 13.3 Å². The van der Waals surface area contributed by atoms with Crippen LogP contribution in [0.25, 0.3) is 0 Å². The summed E-state index contributed by atoms with van der Waals surface area (Å²) < 4.78 is 16.2. The van der Waals surface area contributed by atoms with Gasteiger partial charge in [-0.3, -0.25) is 0 Å². The summed E-state index contributed by atoms with van der Waals surface area (Å²) in [6.45, 7) is 10.5. The van der Waals surface area contributed by atoms with Gasteiger partial charge in [0.2, 0.25) is 0 Å². The molecule has 12 heavy (non-hydrogen) atoms. The molecular formula is C6H19BO3Si2. The minimum atomic E-state index is -1.54. The molecule has 0 aromatic carbocycles. The molecule has 0 aromatic heterocycles. The van der Waals surface area contributed by atoms with Crippen molar-refractivity contribution in [3.63, 3.8) is 0 Å². The normalized spacial score (nSPS) is 12.2. The van der Waals surface area contributed by atoms with Gasteiger partial charge in [0.15, 0.2) is 17.4 Å². The first-order chi connectivity index (χ1) is 5.35. The first-order valence-electron chi connectivity index (χ1n) is 4.21. The van der Waals surface area contributed by atoms with Gasteiger partial charge in [-0.2, -0.15) is 0 Å². The third kappa shape index (κ3) is 7.05. The molecule has 0 saturated carbocycles. The van der Waals surface area contributed by atoms with Crippen molar-refractivity contribution >= 4 is 24.7 Å². The van der Waals surface area contributed by atoms with Crippen LogP contribution >= 0.6 is 0 Å². The molecule has 0 aliphatic heterocycles. The second-order valence-electron chi connectivity index (χ2n) is 3.94. The highest BCUT2D eigenvalue weighted by Gasteiger charge is 2.28. The topological polar surface area (TPSA) is 27.7 Å². The monoisotopic (exact) mass is 206 g/mol. The summed E-state index contributed by atoms with van der Waals surface area (Å²) in [6, 6.07) is 0. The summed E-state index contributed by atoms with van der Waals surface area (Å²) in [4.78, 5) is 0. The van der Waals surface area contributed by atoms with E-state index in [1.54, 1.807) is 7.11 Å². The van der Waals surface area contributed by atoms with Gasteiger partial charge in [0.05, 0.1) is 0 Å². The molecule has 0 atom stereocenters. The van der Waals surface area contributed by atoms with Crippen LogP contribution in [0, 0.1) is 0 Å². The first kappa shape index (κ1) is 12.4. The fourth-order valence-electron chi connectivity index (χ4n) is 0.642. The SMILES string of the molecule is COB(O[SiH](C)C)O[Si](C)(C)C. The highest BCUT2D eigenvalue weighted by atomic mass is 28.4. The third-order valence-electron chi connectivity index (χ3n) is 1.03. The van der Waals surface area contributed by atoms with E-state index in [9.17, 15) is 0 Å². The lowest BCUT2D eigenvalue weighted by molar-refractivity contribution is 0.246. The molecule has 0 fully saturated rings. The molecule has 0 saturated heterocycles. The van der Waals surface area contributed by atoms with Gasteiger partial charge in [-0.15, -0.1) is 0 Å². The van der Waals surface area contributed by atoms with Gasteiger partial charge in [-0.25, -0.2) is 0 Å². The molecule has 6 heteroatoms. The summed E-state index contributed by atoms with van der Waals surface area (Å²) in [6.07, 6.45) is 0. The minimum Gasteiger partial charge on any atom is -0.431 e. The Labute approximate surface area is 78.4 Å². The molecule has 0 bridgehead atoms. The second kappa shape index (κ2) is 5.18. The van der Waals surface area contributed by atoms with Gasteiger partial charge >= 0.3 is 7.32 Å². The number of hydrogen-bond acceptors (Lipinski definition) is 3. The predicted octanol–water partition coefficient (Wildman–Crippen LogP) is 1.47. The summed E-state index contributed by atoms with van der Waals surface area (Å²) in [5.74, 6) is 0. The molecule has 0 amide bonds. The summed E-state index contributed by atoms with van der Waals surface area (Å²) in [5.41, 5.74) is 0. The quantitative estimate of drug-likeness (QED) is 0.637. The lowest BCUT2D eigenvalue weighted by Crippen LogP contribution is -2.40. The van der Waals surface area contributed by atoms with Crippen LogP contribution < -0.4 is 0 Å². The van der Waals surface area contributed by atoms with Gasteiger partial charge in [0.25, 0.3) is 0 Å². The minimum absolute atomic E-state index is 0.441.